The van der Waals surface area contributed by atoms with E-state index in [2.05, 4.69) is 0 Å². The van der Waals surface area contributed by atoms with E-state index in [1.165, 1.54) is 18.2 Å². The molecule has 0 saturated heterocycles. The summed E-state index contributed by atoms with van der Waals surface area (Å²) in [6.07, 6.45) is -4.78. The highest BCUT2D eigenvalue weighted by Crippen LogP contribution is 2.41. The predicted octanol–water partition coefficient (Wildman–Crippen LogP) is 4.53. The molecule has 0 saturated carbocycles. The van der Waals surface area contributed by atoms with Gasteiger partial charge in [-0.15, -0.1) is 0 Å². The molecule has 0 aliphatic heterocycles. The summed E-state index contributed by atoms with van der Waals surface area (Å²) in [6.45, 7) is 9.30. The molecule has 0 aromatic heterocycles. The monoisotopic (exact) mass is 334 g/mol. The molecule has 0 fully saturated rings. The van der Waals surface area contributed by atoms with E-state index in [0.29, 0.717) is 19.0 Å². The smallest absolute Gasteiger partial charge is 0.421 e. The maximum absolute atomic E-state index is 13.0. The van der Waals surface area contributed by atoms with Crippen molar-refractivity contribution in [2.45, 2.75) is 46.4 Å². The van der Waals surface area contributed by atoms with Gasteiger partial charge in [0, 0.05) is 0 Å². The average molecular weight is 334 g/mol. The summed E-state index contributed by atoms with van der Waals surface area (Å²) in [5.41, 5.74) is -3.22. The first-order valence-corrected chi connectivity index (χ1v) is 7.64. The van der Waals surface area contributed by atoms with Crippen LogP contribution in [-0.2, 0) is 5.60 Å². The maximum Gasteiger partial charge on any atom is 0.421 e. The van der Waals surface area contributed by atoms with E-state index in [1.807, 2.05) is 27.7 Å². The van der Waals surface area contributed by atoms with Crippen molar-refractivity contribution in [2.75, 3.05) is 13.2 Å². The fourth-order valence-electron chi connectivity index (χ4n) is 1.72. The second-order valence-electron chi connectivity index (χ2n) is 6.64. The van der Waals surface area contributed by atoms with E-state index in [9.17, 15) is 18.3 Å². The number of alkyl halides is 3. The Balaban J connectivity index is 3.15. The number of hydrogen-bond donors (Lipinski definition) is 1. The van der Waals surface area contributed by atoms with Crippen LogP contribution in [0.2, 0.25) is 0 Å². The lowest BCUT2D eigenvalue weighted by Gasteiger charge is -2.27. The molecule has 0 spiro atoms. The molecule has 1 unspecified atom stereocenters. The van der Waals surface area contributed by atoms with Crippen molar-refractivity contribution in [1.29, 1.82) is 0 Å². The first-order valence-electron chi connectivity index (χ1n) is 7.64. The molecule has 0 aliphatic rings. The summed E-state index contributed by atoms with van der Waals surface area (Å²) in [4.78, 5) is 0. The number of ether oxygens (including phenoxy) is 2. The van der Waals surface area contributed by atoms with Gasteiger partial charge in [0.1, 0.15) is 0 Å². The minimum Gasteiger partial charge on any atom is -0.489 e. The Morgan fingerprint density at radius 3 is 1.87 bits per heavy atom. The van der Waals surface area contributed by atoms with Gasteiger partial charge in [0.15, 0.2) is 17.1 Å². The second kappa shape index (κ2) is 7.43. The molecular formula is C17H25F3O3. The van der Waals surface area contributed by atoms with Crippen LogP contribution in [0.4, 0.5) is 13.2 Å². The van der Waals surface area contributed by atoms with Gasteiger partial charge in [-0.1, -0.05) is 33.8 Å². The lowest BCUT2D eigenvalue weighted by Crippen LogP contribution is -2.39. The minimum absolute atomic E-state index is 0.208. The van der Waals surface area contributed by atoms with E-state index in [1.54, 1.807) is 0 Å². The van der Waals surface area contributed by atoms with Crippen LogP contribution >= 0.6 is 0 Å². The molecule has 132 valence electrons. The van der Waals surface area contributed by atoms with Gasteiger partial charge < -0.3 is 14.6 Å². The van der Waals surface area contributed by atoms with E-state index < -0.39 is 11.8 Å². The Labute approximate surface area is 135 Å². The first kappa shape index (κ1) is 19.6. The summed E-state index contributed by atoms with van der Waals surface area (Å²) in [6, 6.07) is 3.82. The number of aliphatic hydroxyl groups is 1. The molecule has 6 heteroatoms. The van der Waals surface area contributed by atoms with Crippen molar-refractivity contribution in [2.24, 2.45) is 11.8 Å². The van der Waals surface area contributed by atoms with Gasteiger partial charge in [0.25, 0.3) is 0 Å². The number of halogens is 3. The average Bonchev–Trinajstić information content (AvgIpc) is 2.41. The molecule has 0 bridgehead atoms. The third kappa shape index (κ3) is 5.30. The number of hydrogen-bond acceptors (Lipinski definition) is 3. The summed E-state index contributed by atoms with van der Waals surface area (Å²) in [7, 11) is 0. The van der Waals surface area contributed by atoms with Crippen molar-refractivity contribution < 1.29 is 27.8 Å². The van der Waals surface area contributed by atoms with Crippen LogP contribution in [0, 0.1) is 11.8 Å². The van der Waals surface area contributed by atoms with E-state index in [-0.39, 0.29) is 23.1 Å². The van der Waals surface area contributed by atoms with Gasteiger partial charge in [-0.25, -0.2) is 0 Å². The second-order valence-corrected chi connectivity index (χ2v) is 6.64. The van der Waals surface area contributed by atoms with Crippen LogP contribution in [0.25, 0.3) is 0 Å². The molecule has 1 N–H and O–H groups in total. The molecule has 1 aromatic carbocycles. The highest BCUT2D eigenvalue weighted by molar-refractivity contribution is 5.45. The highest BCUT2D eigenvalue weighted by Gasteiger charge is 2.51. The van der Waals surface area contributed by atoms with Gasteiger partial charge >= 0.3 is 6.18 Å². The Kier molecular flexibility index (Phi) is 6.33. The van der Waals surface area contributed by atoms with Crippen LogP contribution in [0.15, 0.2) is 18.2 Å². The zero-order valence-electron chi connectivity index (χ0n) is 14.2. The lowest BCUT2D eigenvalue weighted by molar-refractivity contribution is -0.258. The Morgan fingerprint density at radius 1 is 0.957 bits per heavy atom. The normalized spacial score (nSPS) is 14.9. The Morgan fingerprint density at radius 2 is 1.43 bits per heavy atom. The molecule has 0 radical (unpaired) electrons. The van der Waals surface area contributed by atoms with Crippen molar-refractivity contribution in [1.82, 2.24) is 0 Å². The molecule has 3 nitrogen and oxygen atoms in total. The standard InChI is InChI=1S/C17H25F3O3/c1-11(2)9-22-14-7-6-13(16(5,21)17(18,19)20)8-15(14)23-10-12(3)4/h6-8,11-12,21H,9-10H2,1-5H3. The fraction of sp³-hybridized carbons (Fsp3) is 0.647. The largest absolute Gasteiger partial charge is 0.489 e. The van der Waals surface area contributed by atoms with Gasteiger partial charge in [-0.05, 0) is 36.5 Å². The van der Waals surface area contributed by atoms with Crippen LogP contribution in [0.5, 0.6) is 11.5 Å². The van der Waals surface area contributed by atoms with Crippen LogP contribution in [0.3, 0.4) is 0 Å². The van der Waals surface area contributed by atoms with Crippen molar-refractivity contribution in [3.05, 3.63) is 23.8 Å². The topological polar surface area (TPSA) is 38.7 Å². The molecular weight excluding hydrogens is 309 g/mol. The molecule has 23 heavy (non-hydrogen) atoms. The molecule has 0 aliphatic carbocycles. The number of rotatable bonds is 7. The van der Waals surface area contributed by atoms with Gasteiger partial charge in [0.05, 0.1) is 13.2 Å². The maximum atomic E-state index is 13.0. The van der Waals surface area contributed by atoms with Crippen LogP contribution in [-0.4, -0.2) is 24.5 Å². The Bertz CT molecular complexity index is 508. The molecule has 1 aromatic rings. The van der Waals surface area contributed by atoms with E-state index in [0.717, 1.165) is 6.92 Å². The Hall–Kier alpha value is -1.43. The zero-order chi connectivity index (χ0) is 17.8. The first-order chi connectivity index (χ1) is 10.4. The molecule has 0 amide bonds. The third-order valence-corrected chi connectivity index (χ3v) is 3.20. The highest BCUT2D eigenvalue weighted by atomic mass is 19.4. The quantitative estimate of drug-likeness (QED) is 0.796. The summed E-state index contributed by atoms with van der Waals surface area (Å²) < 4.78 is 50.2. The van der Waals surface area contributed by atoms with Crippen molar-refractivity contribution in [3.63, 3.8) is 0 Å². The third-order valence-electron chi connectivity index (χ3n) is 3.20. The van der Waals surface area contributed by atoms with E-state index in [4.69, 9.17) is 9.47 Å². The molecule has 1 rings (SSSR count). The number of benzene rings is 1. The van der Waals surface area contributed by atoms with Crippen molar-refractivity contribution in [3.8, 4) is 11.5 Å². The minimum atomic E-state index is -4.78. The lowest BCUT2D eigenvalue weighted by atomic mass is 9.95. The summed E-state index contributed by atoms with van der Waals surface area (Å²) in [5.74, 6) is 1.06. The van der Waals surface area contributed by atoms with Crippen molar-refractivity contribution >= 4 is 0 Å². The van der Waals surface area contributed by atoms with Gasteiger partial charge in [-0.3, -0.25) is 0 Å². The van der Waals surface area contributed by atoms with Gasteiger partial charge in [0.2, 0.25) is 0 Å². The molecule has 0 heterocycles. The van der Waals surface area contributed by atoms with E-state index >= 15 is 0 Å². The zero-order valence-corrected chi connectivity index (χ0v) is 14.2. The predicted molar refractivity (Wildman–Crippen MR) is 82.7 cm³/mol. The fourth-order valence-corrected chi connectivity index (χ4v) is 1.72. The van der Waals surface area contributed by atoms with Gasteiger partial charge in [-0.2, -0.15) is 13.2 Å². The SMILES string of the molecule is CC(C)COc1ccc(C(C)(O)C(F)(F)F)cc1OCC(C)C. The van der Waals surface area contributed by atoms with Crippen LogP contribution < -0.4 is 9.47 Å². The summed E-state index contributed by atoms with van der Waals surface area (Å²) in [5, 5.41) is 9.81. The molecule has 1 atom stereocenters. The van der Waals surface area contributed by atoms with Crippen LogP contribution in [0.1, 0.15) is 40.2 Å². The summed E-state index contributed by atoms with van der Waals surface area (Å²) >= 11 is 0.